The predicted molar refractivity (Wildman–Crippen MR) is 106 cm³/mol. The van der Waals surface area contributed by atoms with E-state index < -0.39 is 4.92 Å². The molecule has 0 amide bonds. The third-order valence-electron chi connectivity index (χ3n) is 3.43. The highest BCUT2D eigenvalue weighted by Crippen LogP contribution is 2.22. The molecule has 26 heavy (non-hydrogen) atoms. The summed E-state index contributed by atoms with van der Waals surface area (Å²) >= 11 is 5.21. The number of hydrogen-bond acceptors (Lipinski definition) is 5. The number of anilines is 3. The predicted octanol–water partition coefficient (Wildman–Crippen LogP) is 5.11. The molecule has 0 saturated carbocycles. The maximum atomic E-state index is 10.7. The van der Waals surface area contributed by atoms with E-state index >= 15 is 0 Å². The number of benzene rings is 3. The van der Waals surface area contributed by atoms with E-state index in [0.717, 1.165) is 17.1 Å². The number of non-ortho nitro benzene ring substituents is 1. The lowest BCUT2D eigenvalue weighted by molar-refractivity contribution is -0.384. The van der Waals surface area contributed by atoms with Gasteiger partial charge in [-0.25, -0.2) is 0 Å². The number of nitrogens with zero attached hydrogens (tertiary/aromatic N) is 1. The first-order chi connectivity index (χ1) is 12.6. The van der Waals surface area contributed by atoms with Crippen LogP contribution in [0.15, 0.2) is 78.9 Å². The van der Waals surface area contributed by atoms with Gasteiger partial charge in [0, 0.05) is 29.2 Å². The molecule has 0 radical (unpaired) electrons. The third kappa shape index (κ3) is 4.78. The van der Waals surface area contributed by atoms with Gasteiger partial charge in [-0.05, 0) is 54.7 Å². The average molecular weight is 365 g/mol. The zero-order valence-electron chi connectivity index (χ0n) is 13.6. The van der Waals surface area contributed by atoms with Crippen molar-refractivity contribution in [3.05, 3.63) is 89.0 Å². The largest absolute Gasteiger partial charge is 0.432 e. The number of thiocarbonyl (C=S) groups is 1. The van der Waals surface area contributed by atoms with Gasteiger partial charge in [0.05, 0.1) is 4.92 Å². The molecular weight excluding hydrogens is 350 g/mol. The topological polar surface area (TPSA) is 76.4 Å². The minimum Gasteiger partial charge on any atom is -0.432 e. The highest BCUT2D eigenvalue weighted by molar-refractivity contribution is 7.80. The van der Waals surface area contributed by atoms with E-state index in [-0.39, 0.29) is 10.9 Å². The van der Waals surface area contributed by atoms with Crippen molar-refractivity contribution < 1.29 is 9.66 Å². The Kier molecular flexibility index (Phi) is 5.40. The summed E-state index contributed by atoms with van der Waals surface area (Å²) in [6.45, 7) is 0. The lowest BCUT2D eigenvalue weighted by Crippen LogP contribution is -2.16. The molecule has 0 saturated heterocycles. The van der Waals surface area contributed by atoms with Crippen LogP contribution in [0.4, 0.5) is 22.7 Å². The lowest BCUT2D eigenvalue weighted by Gasteiger charge is -2.11. The van der Waals surface area contributed by atoms with Crippen LogP contribution in [0.5, 0.6) is 5.75 Å². The van der Waals surface area contributed by atoms with Crippen molar-refractivity contribution in [1.82, 2.24) is 0 Å². The summed E-state index contributed by atoms with van der Waals surface area (Å²) in [5, 5.41) is 17.1. The van der Waals surface area contributed by atoms with Gasteiger partial charge < -0.3 is 15.4 Å². The molecule has 2 N–H and O–H groups in total. The highest BCUT2D eigenvalue weighted by Gasteiger charge is 2.05. The number of rotatable bonds is 5. The molecule has 0 atom stereocenters. The molecule has 6 nitrogen and oxygen atoms in total. The van der Waals surface area contributed by atoms with Crippen LogP contribution in [0.3, 0.4) is 0 Å². The first-order valence-electron chi connectivity index (χ1n) is 7.75. The molecule has 0 spiro atoms. The van der Waals surface area contributed by atoms with Crippen LogP contribution in [-0.2, 0) is 0 Å². The van der Waals surface area contributed by atoms with E-state index in [1.54, 1.807) is 12.1 Å². The van der Waals surface area contributed by atoms with Crippen molar-refractivity contribution in [1.29, 1.82) is 0 Å². The zero-order valence-corrected chi connectivity index (χ0v) is 14.4. The standard InChI is InChI=1S/C19H15N3O3S/c23-22(24)17-11-9-14(10-12-17)20-15-5-4-6-16(13-15)21-19(26)25-18-7-2-1-3-8-18/h1-13,20H,(H,21,26). The molecule has 3 rings (SSSR count). The van der Waals surface area contributed by atoms with Crippen molar-refractivity contribution in [3.8, 4) is 5.75 Å². The van der Waals surface area contributed by atoms with Crippen LogP contribution < -0.4 is 15.4 Å². The monoisotopic (exact) mass is 365 g/mol. The lowest BCUT2D eigenvalue weighted by atomic mass is 10.2. The molecule has 0 aromatic heterocycles. The number of nitrogens with one attached hydrogen (secondary N) is 2. The molecule has 0 aliphatic heterocycles. The zero-order chi connectivity index (χ0) is 18.4. The summed E-state index contributed by atoms with van der Waals surface area (Å²) in [6.07, 6.45) is 0. The quantitative estimate of drug-likeness (QED) is 0.371. The Hall–Kier alpha value is -3.45. The van der Waals surface area contributed by atoms with Crippen LogP contribution in [-0.4, -0.2) is 10.1 Å². The molecular formula is C19H15N3O3S. The maximum Gasteiger partial charge on any atom is 0.269 e. The molecule has 0 unspecified atom stereocenters. The molecule has 130 valence electrons. The van der Waals surface area contributed by atoms with Gasteiger partial charge in [-0.1, -0.05) is 24.3 Å². The number of nitro groups is 1. The minimum atomic E-state index is -0.429. The van der Waals surface area contributed by atoms with E-state index in [4.69, 9.17) is 17.0 Å². The average Bonchev–Trinajstić information content (AvgIpc) is 2.63. The first-order valence-corrected chi connectivity index (χ1v) is 8.16. The molecule has 0 bridgehead atoms. The van der Waals surface area contributed by atoms with Gasteiger partial charge in [-0.3, -0.25) is 10.1 Å². The number of ether oxygens (including phenoxy) is 1. The molecule has 3 aromatic rings. The summed E-state index contributed by atoms with van der Waals surface area (Å²) in [7, 11) is 0. The van der Waals surface area contributed by atoms with E-state index in [0.29, 0.717) is 5.75 Å². The van der Waals surface area contributed by atoms with Gasteiger partial charge >= 0.3 is 0 Å². The summed E-state index contributed by atoms with van der Waals surface area (Å²) in [4.78, 5) is 10.3. The number of nitro benzene ring substituents is 1. The Balaban J connectivity index is 1.64. The van der Waals surface area contributed by atoms with Crippen LogP contribution >= 0.6 is 12.2 Å². The fourth-order valence-electron chi connectivity index (χ4n) is 2.25. The van der Waals surface area contributed by atoms with E-state index in [9.17, 15) is 10.1 Å². The van der Waals surface area contributed by atoms with Crippen molar-refractivity contribution in [3.63, 3.8) is 0 Å². The van der Waals surface area contributed by atoms with E-state index in [2.05, 4.69) is 10.6 Å². The fourth-order valence-corrected chi connectivity index (χ4v) is 2.46. The second-order valence-electron chi connectivity index (χ2n) is 5.34. The SMILES string of the molecule is O=[N+]([O-])c1ccc(Nc2cccc(NC(=S)Oc3ccccc3)c2)cc1. The Morgan fingerprint density at radius 1 is 0.885 bits per heavy atom. The Labute approximate surface area is 155 Å². The Bertz CT molecular complexity index is 915. The third-order valence-corrected chi connectivity index (χ3v) is 3.61. The minimum absolute atomic E-state index is 0.0503. The van der Waals surface area contributed by atoms with Gasteiger partial charge in [-0.2, -0.15) is 0 Å². The molecule has 0 aliphatic rings. The molecule has 3 aromatic carbocycles. The van der Waals surface area contributed by atoms with Gasteiger partial charge in [0.15, 0.2) is 0 Å². The van der Waals surface area contributed by atoms with Crippen LogP contribution in [0.25, 0.3) is 0 Å². The van der Waals surface area contributed by atoms with Gasteiger partial charge in [0.1, 0.15) is 5.75 Å². The molecule has 0 aliphatic carbocycles. The fraction of sp³-hybridized carbons (Fsp3) is 0. The maximum absolute atomic E-state index is 10.7. The van der Waals surface area contributed by atoms with Crippen LogP contribution in [0.2, 0.25) is 0 Å². The van der Waals surface area contributed by atoms with Gasteiger partial charge in [0.25, 0.3) is 10.9 Å². The normalized spacial score (nSPS) is 10.0. The van der Waals surface area contributed by atoms with Gasteiger partial charge in [0.2, 0.25) is 0 Å². The second-order valence-corrected chi connectivity index (χ2v) is 5.71. The molecule has 7 heteroatoms. The highest BCUT2D eigenvalue weighted by atomic mass is 32.1. The Morgan fingerprint density at radius 2 is 1.58 bits per heavy atom. The number of hydrogen-bond donors (Lipinski definition) is 2. The molecule has 0 heterocycles. The summed E-state index contributed by atoms with van der Waals surface area (Å²) in [6, 6.07) is 23.0. The Morgan fingerprint density at radius 3 is 2.27 bits per heavy atom. The smallest absolute Gasteiger partial charge is 0.269 e. The van der Waals surface area contributed by atoms with Gasteiger partial charge in [-0.15, -0.1) is 0 Å². The summed E-state index contributed by atoms with van der Waals surface area (Å²) in [5.74, 6) is 0.658. The summed E-state index contributed by atoms with van der Waals surface area (Å²) < 4.78 is 5.55. The first kappa shape index (κ1) is 17.4. The van der Waals surface area contributed by atoms with E-state index in [1.165, 1.54) is 12.1 Å². The second kappa shape index (κ2) is 8.09. The van der Waals surface area contributed by atoms with Crippen molar-refractivity contribution in [2.24, 2.45) is 0 Å². The van der Waals surface area contributed by atoms with Crippen molar-refractivity contribution in [2.75, 3.05) is 10.6 Å². The van der Waals surface area contributed by atoms with Crippen molar-refractivity contribution in [2.45, 2.75) is 0 Å². The molecule has 0 fully saturated rings. The van der Waals surface area contributed by atoms with Crippen LogP contribution in [0.1, 0.15) is 0 Å². The number of para-hydroxylation sites is 1. The van der Waals surface area contributed by atoms with Crippen molar-refractivity contribution >= 4 is 40.1 Å². The summed E-state index contributed by atoms with van der Waals surface area (Å²) in [5.41, 5.74) is 2.37. The van der Waals surface area contributed by atoms with Crippen LogP contribution in [0, 0.1) is 10.1 Å². The van der Waals surface area contributed by atoms with E-state index in [1.807, 2.05) is 54.6 Å².